The van der Waals surface area contributed by atoms with E-state index in [1.165, 1.54) is 0 Å². The molecule has 0 bridgehead atoms. The summed E-state index contributed by atoms with van der Waals surface area (Å²) in [6, 6.07) is 18.8. The van der Waals surface area contributed by atoms with Crippen LogP contribution in [0.5, 0.6) is 0 Å². The van der Waals surface area contributed by atoms with Gasteiger partial charge in [-0.25, -0.2) is 0 Å². The van der Waals surface area contributed by atoms with Crippen molar-refractivity contribution in [3.63, 3.8) is 0 Å². The Morgan fingerprint density at radius 1 is 0.875 bits per heavy atom. The second-order valence-electron chi connectivity index (χ2n) is 5.15. The van der Waals surface area contributed by atoms with Crippen molar-refractivity contribution < 1.29 is 4.79 Å². The summed E-state index contributed by atoms with van der Waals surface area (Å²) in [6.07, 6.45) is 1.74. The minimum Gasteiger partial charge on any atom is -0.363 e. The number of aromatic nitrogens is 3. The maximum atomic E-state index is 12.1. The molecule has 2 N–H and O–H groups in total. The van der Waals surface area contributed by atoms with E-state index in [-0.39, 0.29) is 11.6 Å². The lowest BCUT2D eigenvalue weighted by atomic mass is 10.2. The van der Waals surface area contributed by atoms with Gasteiger partial charge in [0.15, 0.2) is 5.69 Å². The first kappa shape index (κ1) is 15.6. The third-order valence-electron chi connectivity index (χ3n) is 3.37. The monoisotopic (exact) mass is 319 g/mol. The molecule has 0 fully saturated rings. The van der Waals surface area contributed by atoms with Gasteiger partial charge in [0.25, 0.3) is 5.91 Å². The highest BCUT2D eigenvalue weighted by Gasteiger charge is 2.08. The zero-order valence-electron chi connectivity index (χ0n) is 13.0. The lowest BCUT2D eigenvalue weighted by Gasteiger charge is -2.06. The highest BCUT2D eigenvalue weighted by Crippen LogP contribution is 2.05. The van der Waals surface area contributed by atoms with Gasteiger partial charge in [0.05, 0.1) is 12.2 Å². The Morgan fingerprint density at radius 2 is 1.71 bits per heavy atom. The van der Waals surface area contributed by atoms with Gasteiger partial charge >= 0.3 is 0 Å². The van der Waals surface area contributed by atoms with Gasteiger partial charge in [-0.05, 0) is 29.8 Å². The molecule has 0 atom stereocenters. The standard InChI is InChI=1S/C18H17N5O/c24-18(21-12-14-6-2-1-3-7-14)16-9-10-17(23-22-16)20-13-15-8-4-5-11-19-15/h1-11H,12-13H2,(H,20,23)(H,21,24). The molecular weight excluding hydrogens is 302 g/mol. The van der Waals surface area contributed by atoms with E-state index in [1.807, 2.05) is 48.5 Å². The largest absolute Gasteiger partial charge is 0.363 e. The Kier molecular flexibility index (Phi) is 5.09. The third-order valence-corrected chi connectivity index (χ3v) is 3.37. The highest BCUT2D eigenvalue weighted by molar-refractivity contribution is 5.92. The topological polar surface area (TPSA) is 79.8 Å². The maximum Gasteiger partial charge on any atom is 0.272 e. The van der Waals surface area contributed by atoms with Crippen molar-refractivity contribution in [1.29, 1.82) is 0 Å². The minimum atomic E-state index is -0.248. The van der Waals surface area contributed by atoms with Crippen LogP contribution in [0.1, 0.15) is 21.7 Å². The first-order valence-corrected chi connectivity index (χ1v) is 7.61. The molecule has 1 aromatic carbocycles. The molecule has 1 amide bonds. The Balaban J connectivity index is 1.53. The van der Waals surface area contributed by atoms with Crippen LogP contribution in [0.2, 0.25) is 0 Å². The summed E-state index contributed by atoms with van der Waals surface area (Å²) in [5.41, 5.74) is 2.23. The van der Waals surface area contributed by atoms with E-state index in [1.54, 1.807) is 18.3 Å². The SMILES string of the molecule is O=C(NCc1ccccc1)c1ccc(NCc2ccccn2)nn1. The molecule has 120 valence electrons. The molecule has 6 heteroatoms. The number of amides is 1. The van der Waals surface area contributed by atoms with Gasteiger partial charge in [-0.3, -0.25) is 9.78 Å². The predicted octanol–water partition coefficient (Wildman–Crippen LogP) is 2.41. The summed E-state index contributed by atoms with van der Waals surface area (Å²) in [7, 11) is 0. The number of pyridine rings is 1. The van der Waals surface area contributed by atoms with Gasteiger partial charge in [-0.2, -0.15) is 0 Å². The smallest absolute Gasteiger partial charge is 0.272 e. The van der Waals surface area contributed by atoms with Crippen LogP contribution in [-0.4, -0.2) is 21.1 Å². The van der Waals surface area contributed by atoms with Crippen molar-refractivity contribution in [2.24, 2.45) is 0 Å². The average molecular weight is 319 g/mol. The minimum absolute atomic E-state index is 0.248. The van der Waals surface area contributed by atoms with E-state index >= 15 is 0 Å². The molecule has 2 heterocycles. The number of hydrogen-bond donors (Lipinski definition) is 2. The van der Waals surface area contributed by atoms with Crippen molar-refractivity contribution in [3.8, 4) is 0 Å². The molecule has 3 aromatic rings. The van der Waals surface area contributed by atoms with Gasteiger partial charge in [0.2, 0.25) is 0 Å². The van der Waals surface area contributed by atoms with Crippen molar-refractivity contribution in [2.75, 3.05) is 5.32 Å². The van der Waals surface area contributed by atoms with Crippen LogP contribution >= 0.6 is 0 Å². The normalized spacial score (nSPS) is 10.2. The molecule has 0 saturated heterocycles. The summed E-state index contributed by atoms with van der Waals surface area (Å²) in [4.78, 5) is 16.3. The van der Waals surface area contributed by atoms with Crippen LogP contribution in [0, 0.1) is 0 Å². The number of nitrogens with one attached hydrogen (secondary N) is 2. The Bertz CT molecular complexity index is 776. The highest BCUT2D eigenvalue weighted by atomic mass is 16.1. The van der Waals surface area contributed by atoms with Crippen LogP contribution in [0.3, 0.4) is 0 Å². The molecule has 3 rings (SSSR count). The molecule has 6 nitrogen and oxygen atoms in total. The molecule has 0 spiro atoms. The molecule has 2 aromatic heterocycles. The summed E-state index contributed by atoms with van der Waals surface area (Å²) in [5, 5.41) is 13.9. The second-order valence-corrected chi connectivity index (χ2v) is 5.15. The average Bonchev–Trinajstić information content (AvgIpc) is 2.66. The van der Waals surface area contributed by atoms with Crippen molar-refractivity contribution in [3.05, 3.63) is 83.8 Å². The molecular formula is C18H17N5O. The predicted molar refractivity (Wildman–Crippen MR) is 91.2 cm³/mol. The van der Waals surface area contributed by atoms with E-state index < -0.39 is 0 Å². The Labute approximate surface area is 140 Å². The fourth-order valence-electron chi connectivity index (χ4n) is 2.10. The lowest BCUT2D eigenvalue weighted by molar-refractivity contribution is 0.0945. The fraction of sp³-hybridized carbons (Fsp3) is 0.111. The van der Waals surface area contributed by atoms with Crippen LogP contribution in [-0.2, 0) is 13.1 Å². The molecule has 0 unspecified atom stereocenters. The van der Waals surface area contributed by atoms with Gasteiger partial charge in [0.1, 0.15) is 5.82 Å². The number of nitrogens with zero attached hydrogens (tertiary/aromatic N) is 3. The molecule has 0 radical (unpaired) electrons. The van der Waals surface area contributed by atoms with Crippen LogP contribution < -0.4 is 10.6 Å². The molecule has 0 aliphatic carbocycles. The van der Waals surface area contributed by atoms with Gasteiger partial charge in [-0.1, -0.05) is 36.4 Å². The molecule has 24 heavy (non-hydrogen) atoms. The Hall–Kier alpha value is -3.28. The number of hydrogen-bond acceptors (Lipinski definition) is 5. The second kappa shape index (κ2) is 7.82. The quantitative estimate of drug-likeness (QED) is 0.729. The molecule has 0 aliphatic heterocycles. The van der Waals surface area contributed by atoms with E-state index in [2.05, 4.69) is 25.8 Å². The zero-order chi connectivity index (χ0) is 16.6. The van der Waals surface area contributed by atoms with Crippen LogP contribution in [0.4, 0.5) is 5.82 Å². The Morgan fingerprint density at radius 3 is 2.42 bits per heavy atom. The third kappa shape index (κ3) is 4.36. The maximum absolute atomic E-state index is 12.1. The van der Waals surface area contributed by atoms with E-state index in [0.29, 0.717) is 18.9 Å². The number of rotatable bonds is 6. The molecule has 0 aliphatic rings. The summed E-state index contributed by atoms with van der Waals surface area (Å²) < 4.78 is 0. The summed E-state index contributed by atoms with van der Waals surface area (Å²) in [5.74, 6) is 0.350. The summed E-state index contributed by atoms with van der Waals surface area (Å²) >= 11 is 0. The van der Waals surface area contributed by atoms with Crippen molar-refractivity contribution in [1.82, 2.24) is 20.5 Å². The fourth-order valence-corrected chi connectivity index (χ4v) is 2.10. The summed E-state index contributed by atoms with van der Waals surface area (Å²) in [6.45, 7) is 1.01. The van der Waals surface area contributed by atoms with Gasteiger partial charge in [-0.15, -0.1) is 10.2 Å². The van der Waals surface area contributed by atoms with Crippen LogP contribution in [0.25, 0.3) is 0 Å². The van der Waals surface area contributed by atoms with E-state index in [9.17, 15) is 4.79 Å². The van der Waals surface area contributed by atoms with Gasteiger partial charge < -0.3 is 10.6 Å². The number of anilines is 1. The van der Waals surface area contributed by atoms with Crippen LogP contribution in [0.15, 0.2) is 66.9 Å². The first-order chi connectivity index (χ1) is 11.8. The first-order valence-electron chi connectivity index (χ1n) is 7.61. The van der Waals surface area contributed by atoms with Crippen molar-refractivity contribution in [2.45, 2.75) is 13.1 Å². The zero-order valence-corrected chi connectivity index (χ0v) is 13.0. The number of benzene rings is 1. The number of carbonyl (C=O) groups excluding carboxylic acids is 1. The van der Waals surface area contributed by atoms with E-state index in [4.69, 9.17) is 0 Å². The molecule has 0 saturated carbocycles. The number of carbonyl (C=O) groups is 1. The van der Waals surface area contributed by atoms with E-state index in [0.717, 1.165) is 11.3 Å². The van der Waals surface area contributed by atoms with Crippen molar-refractivity contribution >= 4 is 11.7 Å². The lowest BCUT2D eigenvalue weighted by Crippen LogP contribution is -2.24. The van der Waals surface area contributed by atoms with Gasteiger partial charge in [0, 0.05) is 12.7 Å².